The maximum absolute atomic E-state index is 11.2. The van der Waals surface area contributed by atoms with E-state index in [0.717, 1.165) is 11.6 Å². The number of hydrogen-bond donors (Lipinski definition) is 1. The van der Waals surface area contributed by atoms with Crippen molar-refractivity contribution >= 4 is 23.3 Å². The van der Waals surface area contributed by atoms with Gasteiger partial charge in [-0.1, -0.05) is 17.7 Å². The molecule has 6 nitrogen and oxygen atoms in total. The molecular formula is C14H10ClNO5. The molecule has 2 aromatic rings. The molecule has 0 bridgehead atoms. The number of nitro groups is 1. The molecule has 0 aromatic heterocycles. The first kappa shape index (κ1) is 14.8. The summed E-state index contributed by atoms with van der Waals surface area (Å²) in [4.78, 5) is 21.3. The predicted molar refractivity (Wildman–Crippen MR) is 76.3 cm³/mol. The Bertz CT molecular complexity index is 729. The number of nitrogens with zero attached hydrogens (tertiary/aromatic N) is 1. The third kappa shape index (κ3) is 3.29. The zero-order chi connectivity index (χ0) is 15.6. The van der Waals surface area contributed by atoms with E-state index in [0.29, 0.717) is 0 Å². The Hall–Kier alpha value is -2.60. The van der Waals surface area contributed by atoms with Crippen LogP contribution in [0.5, 0.6) is 11.5 Å². The standard InChI is InChI=1S/C14H10ClNO5/c1-8-2-4-10(14(17)18)12(6-8)21-13-7-9(16(19)20)3-5-11(13)15/h2-7H,1H3,(H,17,18). The van der Waals surface area contributed by atoms with Crippen LogP contribution in [-0.4, -0.2) is 16.0 Å². The van der Waals surface area contributed by atoms with E-state index in [2.05, 4.69) is 0 Å². The Labute approximate surface area is 124 Å². The van der Waals surface area contributed by atoms with Crippen LogP contribution in [0.3, 0.4) is 0 Å². The topological polar surface area (TPSA) is 89.7 Å². The molecule has 2 aromatic carbocycles. The second-order valence-corrected chi connectivity index (χ2v) is 4.69. The Kier molecular flexibility index (Phi) is 4.09. The lowest BCUT2D eigenvalue weighted by molar-refractivity contribution is -0.384. The fraction of sp³-hybridized carbons (Fsp3) is 0.0714. The zero-order valence-corrected chi connectivity index (χ0v) is 11.6. The van der Waals surface area contributed by atoms with Crippen LogP contribution >= 0.6 is 11.6 Å². The fourth-order valence-corrected chi connectivity index (χ4v) is 1.85. The second-order valence-electron chi connectivity index (χ2n) is 4.28. The summed E-state index contributed by atoms with van der Waals surface area (Å²) >= 11 is 5.93. The van der Waals surface area contributed by atoms with Gasteiger partial charge in [0.1, 0.15) is 11.3 Å². The third-order valence-corrected chi connectivity index (χ3v) is 3.03. The van der Waals surface area contributed by atoms with Crippen molar-refractivity contribution in [3.8, 4) is 11.5 Å². The lowest BCUT2D eigenvalue weighted by Gasteiger charge is -2.10. The summed E-state index contributed by atoms with van der Waals surface area (Å²) in [5.41, 5.74) is 0.540. The summed E-state index contributed by atoms with van der Waals surface area (Å²) in [5, 5.41) is 20.0. The van der Waals surface area contributed by atoms with Crippen molar-refractivity contribution < 1.29 is 19.6 Å². The van der Waals surface area contributed by atoms with Crippen LogP contribution in [0.25, 0.3) is 0 Å². The number of aromatic carboxylic acids is 1. The minimum atomic E-state index is -1.16. The van der Waals surface area contributed by atoms with Gasteiger partial charge in [0.15, 0.2) is 5.75 Å². The molecule has 0 saturated heterocycles. The molecule has 0 fully saturated rings. The molecule has 0 atom stereocenters. The van der Waals surface area contributed by atoms with E-state index in [1.165, 1.54) is 24.3 Å². The summed E-state index contributed by atoms with van der Waals surface area (Å²) < 4.78 is 5.46. The van der Waals surface area contributed by atoms with Crippen molar-refractivity contribution in [3.63, 3.8) is 0 Å². The van der Waals surface area contributed by atoms with Crippen molar-refractivity contribution in [2.45, 2.75) is 6.92 Å². The van der Waals surface area contributed by atoms with Crippen molar-refractivity contribution in [2.24, 2.45) is 0 Å². The van der Waals surface area contributed by atoms with Crippen LogP contribution in [0.15, 0.2) is 36.4 Å². The molecule has 0 aliphatic heterocycles. The Morgan fingerprint density at radius 1 is 1.24 bits per heavy atom. The van der Waals surface area contributed by atoms with Gasteiger partial charge in [-0.25, -0.2) is 4.79 Å². The van der Waals surface area contributed by atoms with Crippen molar-refractivity contribution in [1.82, 2.24) is 0 Å². The largest absolute Gasteiger partial charge is 0.478 e. The van der Waals surface area contributed by atoms with Gasteiger partial charge in [-0.2, -0.15) is 0 Å². The monoisotopic (exact) mass is 307 g/mol. The highest BCUT2D eigenvalue weighted by molar-refractivity contribution is 6.32. The average Bonchev–Trinajstić information content (AvgIpc) is 2.40. The molecule has 2 rings (SSSR count). The van der Waals surface area contributed by atoms with E-state index in [9.17, 15) is 14.9 Å². The molecular weight excluding hydrogens is 298 g/mol. The Morgan fingerprint density at radius 2 is 1.95 bits per heavy atom. The number of carboxylic acids is 1. The van der Waals surface area contributed by atoms with Crippen LogP contribution < -0.4 is 4.74 Å². The number of nitro benzene ring substituents is 1. The first-order valence-corrected chi connectivity index (χ1v) is 6.22. The SMILES string of the molecule is Cc1ccc(C(=O)O)c(Oc2cc([N+](=O)[O-])ccc2Cl)c1. The van der Waals surface area contributed by atoms with E-state index in [1.54, 1.807) is 13.0 Å². The van der Waals surface area contributed by atoms with E-state index < -0.39 is 10.9 Å². The van der Waals surface area contributed by atoms with Gasteiger partial charge in [-0.05, 0) is 30.7 Å². The van der Waals surface area contributed by atoms with Gasteiger partial charge in [-0.15, -0.1) is 0 Å². The highest BCUT2D eigenvalue weighted by atomic mass is 35.5. The minimum absolute atomic E-state index is 0.0268. The molecule has 7 heteroatoms. The zero-order valence-electron chi connectivity index (χ0n) is 10.9. The Morgan fingerprint density at radius 3 is 2.57 bits per heavy atom. The summed E-state index contributed by atoms with van der Waals surface area (Å²) in [6.07, 6.45) is 0. The second kappa shape index (κ2) is 5.80. The summed E-state index contributed by atoms with van der Waals surface area (Å²) in [6.45, 7) is 1.77. The minimum Gasteiger partial charge on any atom is -0.478 e. The van der Waals surface area contributed by atoms with Gasteiger partial charge < -0.3 is 9.84 Å². The number of carbonyl (C=O) groups is 1. The van der Waals surface area contributed by atoms with Crippen LogP contribution in [-0.2, 0) is 0 Å². The normalized spacial score (nSPS) is 10.2. The van der Waals surface area contributed by atoms with Crippen molar-refractivity contribution in [3.05, 3.63) is 62.7 Å². The fourth-order valence-electron chi connectivity index (χ4n) is 1.69. The number of ether oxygens (including phenoxy) is 1. The lowest BCUT2D eigenvalue weighted by atomic mass is 10.1. The number of benzene rings is 2. The number of aryl methyl sites for hydroxylation is 1. The maximum Gasteiger partial charge on any atom is 0.339 e. The van der Waals surface area contributed by atoms with Crippen LogP contribution in [0, 0.1) is 17.0 Å². The molecule has 0 aliphatic carbocycles. The van der Waals surface area contributed by atoms with E-state index in [-0.39, 0.29) is 27.8 Å². The van der Waals surface area contributed by atoms with E-state index in [1.807, 2.05) is 0 Å². The maximum atomic E-state index is 11.2. The van der Waals surface area contributed by atoms with Gasteiger partial charge in [0.2, 0.25) is 0 Å². The number of carboxylic acid groups (broad SMARTS) is 1. The summed E-state index contributed by atoms with van der Waals surface area (Å²) in [7, 11) is 0. The molecule has 0 amide bonds. The predicted octanol–water partition coefficient (Wildman–Crippen LogP) is 4.05. The van der Waals surface area contributed by atoms with Crippen molar-refractivity contribution in [1.29, 1.82) is 0 Å². The lowest BCUT2D eigenvalue weighted by Crippen LogP contribution is -2.00. The Balaban J connectivity index is 2.47. The molecule has 0 radical (unpaired) electrons. The van der Waals surface area contributed by atoms with Gasteiger partial charge in [-0.3, -0.25) is 10.1 Å². The molecule has 0 saturated carbocycles. The molecule has 1 N–H and O–H groups in total. The molecule has 0 unspecified atom stereocenters. The van der Waals surface area contributed by atoms with Crippen LogP contribution in [0.1, 0.15) is 15.9 Å². The number of rotatable bonds is 4. The quantitative estimate of drug-likeness (QED) is 0.680. The van der Waals surface area contributed by atoms with Gasteiger partial charge in [0.25, 0.3) is 5.69 Å². The van der Waals surface area contributed by atoms with Gasteiger partial charge in [0, 0.05) is 6.07 Å². The molecule has 21 heavy (non-hydrogen) atoms. The number of hydrogen-bond acceptors (Lipinski definition) is 4. The molecule has 0 spiro atoms. The van der Waals surface area contributed by atoms with Crippen molar-refractivity contribution in [2.75, 3.05) is 0 Å². The number of non-ortho nitro benzene ring substituents is 1. The third-order valence-electron chi connectivity index (χ3n) is 2.71. The van der Waals surface area contributed by atoms with Crippen LogP contribution in [0.4, 0.5) is 5.69 Å². The first-order chi connectivity index (χ1) is 9.88. The first-order valence-electron chi connectivity index (χ1n) is 5.84. The average molecular weight is 308 g/mol. The summed E-state index contributed by atoms with van der Waals surface area (Å²) in [5.74, 6) is -1.06. The molecule has 0 aliphatic rings. The highest BCUT2D eigenvalue weighted by Crippen LogP contribution is 2.34. The molecule has 0 heterocycles. The van der Waals surface area contributed by atoms with E-state index >= 15 is 0 Å². The summed E-state index contributed by atoms with van der Waals surface area (Å²) in [6, 6.07) is 8.27. The van der Waals surface area contributed by atoms with Crippen LogP contribution in [0.2, 0.25) is 5.02 Å². The number of halogens is 1. The molecule has 108 valence electrons. The van der Waals surface area contributed by atoms with Gasteiger partial charge >= 0.3 is 5.97 Å². The highest BCUT2D eigenvalue weighted by Gasteiger charge is 2.16. The smallest absolute Gasteiger partial charge is 0.339 e. The van der Waals surface area contributed by atoms with Gasteiger partial charge in [0.05, 0.1) is 16.0 Å². The van der Waals surface area contributed by atoms with E-state index in [4.69, 9.17) is 21.4 Å².